The first-order valence-corrected chi connectivity index (χ1v) is 6.29. The number of H-pyrrole nitrogens is 1. The number of hydrogen-bond donors (Lipinski definition) is 2. The van der Waals surface area contributed by atoms with Crippen molar-refractivity contribution in [2.24, 2.45) is 0 Å². The molecule has 1 aromatic heterocycles. The second-order valence-electron chi connectivity index (χ2n) is 4.21. The Morgan fingerprint density at radius 1 is 1.35 bits per heavy atom. The van der Waals surface area contributed by atoms with Crippen molar-refractivity contribution in [3.8, 4) is 11.3 Å². The Labute approximate surface area is 107 Å². The van der Waals surface area contributed by atoms with E-state index in [2.05, 4.69) is 31.4 Å². The zero-order valence-corrected chi connectivity index (χ0v) is 10.6. The minimum Gasteiger partial charge on any atom is -0.366 e. The lowest BCUT2D eigenvalue weighted by Gasteiger charge is -2.00. The van der Waals surface area contributed by atoms with Gasteiger partial charge < -0.3 is 5.32 Å². The number of anilines is 1. The summed E-state index contributed by atoms with van der Waals surface area (Å²) in [7, 11) is 0. The van der Waals surface area contributed by atoms with E-state index < -0.39 is 0 Å². The predicted octanol–water partition coefficient (Wildman–Crippen LogP) is 3.55. The molecule has 0 atom stereocenters. The third-order valence-electron chi connectivity index (χ3n) is 2.73. The number of aromatic nitrogens is 2. The van der Waals surface area contributed by atoms with Gasteiger partial charge in [0.15, 0.2) is 0 Å². The molecular formula is C12H11BrFN3. The van der Waals surface area contributed by atoms with Crippen LogP contribution in [-0.2, 0) is 0 Å². The third-order valence-corrected chi connectivity index (χ3v) is 3.38. The number of nitrogens with one attached hydrogen (secondary N) is 2. The summed E-state index contributed by atoms with van der Waals surface area (Å²) in [5.74, 6) is 0.593. The highest BCUT2D eigenvalue weighted by Crippen LogP contribution is 2.30. The number of rotatable bonds is 3. The summed E-state index contributed by atoms with van der Waals surface area (Å²) >= 11 is 3.35. The maximum Gasteiger partial charge on any atom is 0.148 e. The summed E-state index contributed by atoms with van der Waals surface area (Å²) in [6.45, 7) is 0. The highest BCUT2D eigenvalue weighted by molar-refractivity contribution is 9.10. The molecule has 0 aliphatic heterocycles. The predicted molar refractivity (Wildman–Crippen MR) is 68.3 cm³/mol. The summed E-state index contributed by atoms with van der Waals surface area (Å²) in [5, 5.41) is 10.4. The maximum absolute atomic E-state index is 13.0. The highest BCUT2D eigenvalue weighted by atomic mass is 79.9. The van der Waals surface area contributed by atoms with Gasteiger partial charge in [0, 0.05) is 22.1 Å². The van der Waals surface area contributed by atoms with Gasteiger partial charge in [-0.05, 0) is 47.0 Å². The van der Waals surface area contributed by atoms with Crippen molar-refractivity contribution < 1.29 is 4.39 Å². The van der Waals surface area contributed by atoms with E-state index in [-0.39, 0.29) is 5.82 Å². The number of benzene rings is 1. The van der Waals surface area contributed by atoms with E-state index in [1.807, 2.05) is 6.07 Å². The molecule has 0 radical (unpaired) electrons. The Kier molecular flexibility index (Phi) is 2.63. The van der Waals surface area contributed by atoms with E-state index in [1.165, 1.54) is 25.0 Å². The molecule has 1 heterocycles. The Morgan fingerprint density at radius 2 is 2.18 bits per heavy atom. The van der Waals surface area contributed by atoms with Gasteiger partial charge in [-0.15, -0.1) is 0 Å². The molecule has 2 N–H and O–H groups in total. The molecule has 1 aromatic carbocycles. The van der Waals surface area contributed by atoms with Gasteiger partial charge in [-0.3, -0.25) is 5.10 Å². The van der Waals surface area contributed by atoms with Crippen LogP contribution in [0.15, 0.2) is 28.7 Å². The summed E-state index contributed by atoms with van der Waals surface area (Å²) in [5.41, 5.74) is 1.78. The van der Waals surface area contributed by atoms with Crippen molar-refractivity contribution >= 4 is 21.7 Å². The Balaban J connectivity index is 1.89. The molecule has 3 rings (SSSR count). The zero-order chi connectivity index (χ0) is 11.8. The average Bonchev–Trinajstić information content (AvgIpc) is 2.96. The number of halogens is 2. The van der Waals surface area contributed by atoms with Crippen molar-refractivity contribution in [2.75, 3.05) is 5.32 Å². The Morgan fingerprint density at radius 3 is 2.88 bits per heavy atom. The van der Waals surface area contributed by atoms with Gasteiger partial charge in [0.25, 0.3) is 0 Å². The fraction of sp³-hybridized carbons (Fsp3) is 0.250. The van der Waals surface area contributed by atoms with Crippen LogP contribution in [0.3, 0.4) is 0 Å². The lowest BCUT2D eigenvalue weighted by molar-refractivity contribution is 0.627. The second-order valence-corrected chi connectivity index (χ2v) is 5.06. The minimum atomic E-state index is -0.253. The van der Waals surface area contributed by atoms with Gasteiger partial charge in [0.1, 0.15) is 11.6 Å². The van der Waals surface area contributed by atoms with Crippen LogP contribution in [0, 0.1) is 5.82 Å². The molecular weight excluding hydrogens is 285 g/mol. The maximum atomic E-state index is 13.0. The fourth-order valence-electron chi connectivity index (χ4n) is 1.68. The van der Waals surface area contributed by atoms with Gasteiger partial charge in [-0.2, -0.15) is 5.10 Å². The summed E-state index contributed by atoms with van der Waals surface area (Å²) in [4.78, 5) is 0. The standard InChI is InChI=1S/C12H11BrFN3/c13-10-5-7(14)1-4-9(10)11-6-12(17-16-11)15-8-2-3-8/h1,4-6,8H,2-3H2,(H2,15,16,17). The molecule has 0 bridgehead atoms. The van der Waals surface area contributed by atoms with Crippen LogP contribution < -0.4 is 5.32 Å². The lowest BCUT2D eigenvalue weighted by Crippen LogP contribution is -2.00. The van der Waals surface area contributed by atoms with Gasteiger partial charge in [-0.1, -0.05) is 0 Å². The SMILES string of the molecule is Fc1ccc(-c2cc(NC3CC3)n[nH]2)c(Br)c1. The lowest BCUT2D eigenvalue weighted by atomic mass is 10.1. The van der Waals surface area contributed by atoms with Crippen LogP contribution >= 0.6 is 15.9 Å². The molecule has 2 aromatic rings. The van der Waals surface area contributed by atoms with Crippen LogP contribution in [0.5, 0.6) is 0 Å². The molecule has 0 spiro atoms. The van der Waals surface area contributed by atoms with Crippen LogP contribution in [0.4, 0.5) is 10.2 Å². The quantitative estimate of drug-likeness (QED) is 0.909. The minimum absolute atomic E-state index is 0.253. The highest BCUT2D eigenvalue weighted by Gasteiger charge is 2.21. The number of aromatic amines is 1. The van der Waals surface area contributed by atoms with E-state index in [0.29, 0.717) is 6.04 Å². The van der Waals surface area contributed by atoms with Gasteiger partial charge in [-0.25, -0.2) is 4.39 Å². The van der Waals surface area contributed by atoms with Crippen LogP contribution in [0.2, 0.25) is 0 Å². The van der Waals surface area contributed by atoms with E-state index in [1.54, 1.807) is 6.07 Å². The average molecular weight is 296 g/mol. The molecule has 3 nitrogen and oxygen atoms in total. The number of nitrogens with zero attached hydrogens (tertiary/aromatic N) is 1. The zero-order valence-electron chi connectivity index (χ0n) is 9.00. The molecule has 5 heteroatoms. The van der Waals surface area contributed by atoms with E-state index >= 15 is 0 Å². The van der Waals surface area contributed by atoms with Crippen LogP contribution in [-0.4, -0.2) is 16.2 Å². The molecule has 0 amide bonds. The van der Waals surface area contributed by atoms with Gasteiger partial charge in [0.05, 0.1) is 5.69 Å². The van der Waals surface area contributed by atoms with Crippen molar-refractivity contribution in [1.29, 1.82) is 0 Å². The molecule has 0 saturated heterocycles. The fourth-order valence-corrected chi connectivity index (χ4v) is 2.24. The van der Waals surface area contributed by atoms with Crippen molar-refractivity contribution in [1.82, 2.24) is 10.2 Å². The van der Waals surface area contributed by atoms with E-state index in [9.17, 15) is 4.39 Å². The molecule has 1 aliphatic carbocycles. The second kappa shape index (κ2) is 4.14. The first kappa shape index (κ1) is 10.8. The van der Waals surface area contributed by atoms with Crippen LogP contribution in [0.25, 0.3) is 11.3 Å². The summed E-state index contributed by atoms with van der Waals surface area (Å²) in [6, 6.07) is 7.13. The van der Waals surface area contributed by atoms with Crippen molar-refractivity contribution in [2.45, 2.75) is 18.9 Å². The van der Waals surface area contributed by atoms with E-state index in [0.717, 1.165) is 21.5 Å². The molecule has 1 saturated carbocycles. The molecule has 1 fully saturated rings. The molecule has 0 unspecified atom stereocenters. The Hall–Kier alpha value is -1.36. The summed E-state index contributed by atoms with van der Waals surface area (Å²) in [6.07, 6.45) is 2.42. The summed E-state index contributed by atoms with van der Waals surface area (Å²) < 4.78 is 13.7. The monoisotopic (exact) mass is 295 g/mol. The molecule has 17 heavy (non-hydrogen) atoms. The normalized spacial score (nSPS) is 14.9. The van der Waals surface area contributed by atoms with Gasteiger partial charge in [0.2, 0.25) is 0 Å². The smallest absolute Gasteiger partial charge is 0.148 e. The largest absolute Gasteiger partial charge is 0.366 e. The van der Waals surface area contributed by atoms with Crippen molar-refractivity contribution in [3.05, 3.63) is 34.6 Å². The first-order chi connectivity index (χ1) is 8.22. The van der Waals surface area contributed by atoms with Gasteiger partial charge >= 0.3 is 0 Å². The third kappa shape index (κ3) is 2.34. The van der Waals surface area contributed by atoms with E-state index in [4.69, 9.17) is 0 Å². The molecule has 88 valence electrons. The van der Waals surface area contributed by atoms with Crippen LogP contribution in [0.1, 0.15) is 12.8 Å². The number of hydrogen-bond acceptors (Lipinski definition) is 2. The molecule has 1 aliphatic rings. The topological polar surface area (TPSA) is 40.7 Å². The van der Waals surface area contributed by atoms with Crippen molar-refractivity contribution in [3.63, 3.8) is 0 Å². The first-order valence-electron chi connectivity index (χ1n) is 5.50. The Bertz CT molecular complexity index is 548.